The van der Waals surface area contributed by atoms with Crippen LogP contribution in [0.1, 0.15) is 21.6 Å². The van der Waals surface area contributed by atoms with Gasteiger partial charge in [0.15, 0.2) is 11.6 Å². The Morgan fingerprint density at radius 3 is 2.39 bits per heavy atom. The van der Waals surface area contributed by atoms with Gasteiger partial charge in [-0.3, -0.25) is 19.9 Å². The van der Waals surface area contributed by atoms with Gasteiger partial charge in [-0.1, -0.05) is 48.5 Å². The number of likely N-dealkylation sites (N-methyl/N-ethyl adjacent to an activating group) is 1. The number of nitrogens with zero attached hydrogens (tertiary/aromatic N) is 8. The molecule has 5 aromatic carbocycles. The SMILES string of the molecule is CN(C(=O)c1cc2ccc(-c3nccc(Nc4ccc(-c5cn[nH]c5)cc4-c4cc(Nc5ccc6[nH]ncc6c5)nc(-c5ccc6c(c5)CN(C(=O)Oc5ccccc5)C6)n4)n3)cc2[nH]1)C(CO)CO. The van der Waals surface area contributed by atoms with Gasteiger partial charge in [-0.05, 0) is 83.4 Å². The van der Waals surface area contributed by atoms with E-state index in [1.807, 2.05) is 103 Å². The lowest BCUT2D eigenvalue weighted by atomic mass is 10.0. The molecule has 1 aliphatic heterocycles. The zero-order chi connectivity index (χ0) is 47.7. The summed E-state index contributed by atoms with van der Waals surface area (Å²) in [5.74, 6) is 2.07. The average molecular weight is 930 g/mol. The number of H-pyrrole nitrogens is 3. The first-order valence-electron chi connectivity index (χ1n) is 22.3. The van der Waals surface area contributed by atoms with Gasteiger partial charge in [0.25, 0.3) is 5.91 Å². The van der Waals surface area contributed by atoms with E-state index >= 15 is 0 Å². The van der Waals surface area contributed by atoms with Crippen LogP contribution < -0.4 is 15.4 Å². The highest BCUT2D eigenvalue weighted by Gasteiger charge is 2.27. The van der Waals surface area contributed by atoms with E-state index < -0.39 is 12.1 Å². The first-order chi connectivity index (χ1) is 34.2. The maximum atomic E-state index is 13.2. The molecule has 5 aromatic heterocycles. The van der Waals surface area contributed by atoms with E-state index in [0.717, 1.165) is 55.4 Å². The summed E-state index contributed by atoms with van der Waals surface area (Å²) in [5, 5.41) is 42.4. The lowest BCUT2D eigenvalue weighted by molar-refractivity contribution is 0.0540. The molecule has 0 unspecified atom stereocenters. The van der Waals surface area contributed by atoms with Gasteiger partial charge in [0.1, 0.15) is 23.1 Å². The summed E-state index contributed by atoms with van der Waals surface area (Å²) in [4.78, 5) is 52.4. The van der Waals surface area contributed by atoms with Crippen LogP contribution in [0, 0.1) is 0 Å². The van der Waals surface area contributed by atoms with Crippen LogP contribution >= 0.6 is 0 Å². The van der Waals surface area contributed by atoms with E-state index in [0.29, 0.717) is 70.3 Å². The Labute approximate surface area is 399 Å². The summed E-state index contributed by atoms with van der Waals surface area (Å²) in [6, 6.07) is 37.3. The largest absolute Gasteiger partial charge is 0.415 e. The zero-order valence-corrected chi connectivity index (χ0v) is 37.5. The molecule has 2 amide bonds. The van der Waals surface area contributed by atoms with Gasteiger partial charge in [-0.15, -0.1) is 0 Å². The summed E-state index contributed by atoms with van der Waals surface area (Å²) < 4.78 is 5.67. The van der Waals surface area contributed by atoms with Gasteiger partial charge in [-0.25, -0.2) is 24.7 Å². The Balaban J connectivity index is 0.947. The summed E-state index contributed by atoms with van der Waals surface area (Å²) in [7, 11) is 1.54. The Kier molecular flexibility index (Phi) is 11.4. The minimum absolute atomic E-state index is 0.318. The summed E-state index contributed by atoms with van der Waals surface area (Å²) in [6.07, 6.45) is 6.60. The molecular weight excluding hydrogens is 887 g/mol. The quantitative estimate of drug-likeness (QED) is 0.0575. The van der Waals surface area contributed by atoms with Gasteiger partial charge in [0, 0.05) is 88.5 Å². The Morgan fingerprint density at radius 2 is 1.54 bits per heavy atom. The fourth-order valence-electron chi connectivity index (χ4n) is 8.46. The number of para-hydroxylation sites is 1. The van der Waals surface area contributed by atoms with Crippen LogP contribution in [-0.2, 0) is 13.1 Å². The highest BCUT2D eigenvalue weighted by molar-refractivity contribution is 5.99. The molecular formula is C52H43N13O5. The van der Waals surface area contributed by atoms with Crippen molar-refractivity contribution in [3.05, 3.63) is 163 Å². The number of aliphatic hydroxyl groups excluding tert-OH is 2. The Hall–Kier alpha value is -9.26. The lowest BCUT2D eigenvalue weighted by Crippen LogP contribution is -2.41. The molecule has 11 rings (SSSR count). The zero-order valence-electron chi connectivity index (χ0n) is 37.5. The number of carbonyl (C=O) groups excluding carboxylic acids is 2. The molecule has 0 fully saturated rings. The van der Waals surface area contributed by atoms with Crippen molar-refractivity contribution in [2.45, 2.75) is 19.1 Å². The van der Waals surface area contributed by atoms with Gasteiger partial charge in [0.05, 0.1) is 42.9 Å². The molecule has 346 valence electrons. The van der Waals surface area contributed by atoms with E-state index in [1.54, 1.807) is 54.8 Å². The van der Waals surface area contributed by atoms with Crippen molar-refractivity contribution in [3.8, 4) is 50.9 Å². The van der Waals surface area contributed by atoms with E-state index in [4.69, 9.17) is 19.7 Å². The van der Waals surface area contributed by atoms with Gasteiger partial charge >= 0.3 is 6.09 Å². The number of aliphatic hydroxyl groups is 2. The number of ether oxygens (including phenoxy) is 1. The molecule has 10 aromatic rings. The number of aromatic nitrogens is 9. The van der Waals surface area contributed by atoms with E-state index in [2.05, 4.69) is 41.0 Å². The van der Waals surface area contributed by atoms with Crippen molar-refractivity contribution in [2.24, 2.45) is 0 Å². The van der Waals surface area contributed by atoms with Crippen LogP contribution in [0.4, 0.5) is 27.8 Å². The van der Waals surface area contributed by atoms with Crippen LogP contribution in [0.15, 0.2) is 146 Å². The van der Waals surface area contributed by atoms with Crippen molar-refractivity contribution in [2.75, 3.05) is 30.9 Å². The molecule has 1 aliphatic rings. The summed E-state index contributed by atoms with van der Waals surface area (Å²) in [6.45, 7) is 0.0387. The number of hydrogen-bond donors (Lipinski definition) is 7. The van der Waals surface area contributed by atoms with Crippen molar-refractivity contribution in [3.63, 3.8) is 0 Å². The van der Waals surface area contributed by atoms with E-state index in [9.17, 15) is 19.8 Å². The smallest absolute Gasteiger partial charge is 0.410 e. The van der Waals surface area contributed by atoms with Crippen molar-refractivity contribution < 1.29 is 24.5 Å². The Bertz CT molecular complexity index is 3550. The third-order valence-corrected chi connectivity index (χ3v) is 12.3. The van der Waals surface area contributed by atoms with Crippen molar-refractivity contribution in [1.82, 2.24) is 55.1 Å². The molecule has 0 aliphatic carbocycles. The molecule has 0 saturated heterocycles. The third kappa shape index (κ3) is 8.73. The second-order valence-electron chi connectivity index (χ2n) is 16.8. The summed E-state index contributed by atoms with van der Waals surface area (Å²) in [5.41, 5.74) is 9.97. The third-order valence-electron chi connectivity index (χ3n) is 12.3. The van der Waals surface area contributed by atoms with Crippen LogP contribution in [0.2, 0.25) is 0 Å². The molecule has 0 saturated carbocycles. The molecule has 0 atom stereocenters. The molecule has 18 heteroatoms. The van der Waals surface area contributed by atoms with Crippen LogP contribution in [-0.4, -0.2) is 104 Å². The predicted octanol–water partition coefficient (Wildman–Crippen LogP) is 8.44. The minimum Gasteiger partial charge on any atom is -0.410 e. The number of nitrogens with one attached hydrogen (secondary N) is 5. The fourth-order valence-corrected chi connectivity index (χ4v) is 8.46. The number of rotatable bonds is 13. The highest BCUT2D eigenvalue weighted by atomic mass is 16.6. The monoisotopic (exact) mass is 929 g/mol. The normalized spacial score (nSPS) is 12.1. The number of hydrogen-bond acceptors (Lipinski definition) is 13. The second kappa shape index (κ2) is 18.4. The van der Waals surface area contributed by atoms with Crippen LogP contribution in [0.5, 0.6) is 5.75 Å². The first-order valence-corrected chi connectivity index (χ1v) is 22.3. The second-order valence-corrected chi connectivity index (χ2v) is 16.8. The number of aromatic amines is 3. The van der Waals surface area contributed by atoms with Crippen LogP contribution in [0.3, 0.4) is 0 Å². The topological polar surface area (TPSA) is 239 Å². The summed E-state index contributed by atoms with van der Waals surface area (Å²) >= 11 is 0. The number of benzene rings is 5. The Morgan fingerprint density at radius 1 is 0.729 bits per heavy atom. The van der Waals surface area contributed by atoms with Crippen molar-refractivity contribution in [1.29, 1.82) is 0 Å². The van der Waals surface area contributed by atoms with Crippen molar-refractivity contribution >= 4 is 56.8 Å². The molecule has 0 spiro atoms. The number of anilines is 4. The molecule has 18 nitrogen and oxygen atoms in total. The predicted molar refractivity (Wildman–Crippen MR) is 264 cm³/mol. The minimum atomic E-state index is -0.725. The number of carbonyl (C=O) groups is 2. The average Bonchev–Trinajstić information content (AvgIpc) is 4.24. The van der Waals surface area contributed by atoms with Gasteiger partial charge in [-0.2, -0.15) is 10.2 Å². The van der Waals surface area contributed by atoms with Crippen LogP contribution in [0.25, 0.3) is 67.0 Å². The first kappa shape index (κ1) is 43.3. The number of fused-ring (bicyclic) bond motifs is 3. The van der Waals surface area contributed by atoms with E-state index in [-0.39, 0.29) is 19.1 Å². The molecule has 7 N–H and O–H groups in total. The highest BCUT2D eigenvalue weighted by Crippen LogP contribution is 2.37. The molecule has 0 radical (unpaired) electrons. The number of amides is 2. The maximum Gasteiger partial charge on any atom is 0.415 e. The molecule has 0 bridgehead atoms. The standard InChI is InChI=1S/C52H43N13O5/c1-64(39(28-66)29-67)51(68)46-20-31-7-8-33(21-44(31)58-46)49-53-16-15-47(61-49)59-43-13-11-30(37-24-54-55-25-37)19-41(43)45-22-48(57-38-12-14-42-35(18-38)23-56-63-42)62-50(60-45)32-9-10-34-26-65(27-36(34)17-32)52(69)70-40-5-3-2-4-6-40/h2-25,39,58,66-67H,26-29H2,1H3,(H,54,55)(H,56,63)(H,53,59,61)(H,57,60,62). The van der Waals surface area contributed by atoms with Gasteiger partial charge < -0.3 is 35.5 Å². The van der Waals surface area contributed by atoms with Gasteiger partial charge in [0.2, 0.25) is 0 Å². The lowest BCUT2D eigenvalue weighted by Gasteiger charge is -2.24. The maximum absolute atomic E-state index is 13.2. The van der Waals surface area contributed by atoms with E-state index in [1.165, 1.54) is 4.90 Å². The fraction of sp³-hybridized carbons (Fsp3) is 0.115. The molecule has 70 heavy (non-hydrogen) atoms. The molecule has 6 heterocycles.